The van der Waals surface area contributed by atoms with E-state index in [0.29, 0.717) is 5.56 Å². The van der Waals surface area contributed by atoms with Crippen LogP contribution < -0.4 is 83.4 Å². The molecule has 44 heteroatoms. The number of aliphatic hydroxyl groups is 7. The summed E-state index contributed by atoms with van der Waals surface area (Å²) < 4.78 is 82.6. The number of aromatic nitrogens is 1. The van der Waals surface area contributed by atoms with Gasteiger partial charge < -0.3 is 138 Å². The van der Waals surface area contributed by atoms with Crippen molar-refractivity contribution in [2.75, 3.05) is 32.1 Å². The Labute approximate surface area is 724 Å². The summed E-state index contributed by atoms with van der Waals surface area (Å²) in [4.78, 5) is 138. The number of carbonyl (C=O) groups excluding carboxylic acids is 9. The van der Waals surface area contributed by atoms with Gasteiger partial charge in [0.05, 0.1) is 53.5 Å². The molecule has 1 aromatic heterocycles. The lowest BCUT2D eigenvalue weighted by atomic mass is 9.84. The molecule has 11 bridgehead atoms. The van der Waals surface area contributed by atoms with E-state index in [1.165, 1.54) is 50.6 Å². The van der Waals surface area contributed by atoms with E-state index in [1.54, 1.807) is 20.8 Å². The Morgan fingerprint density at radius 3 is 2.02 bits per heavy atom. The molecule has 0 saturated carbocycles. The molecule has 39 nitrogen and oxygen atoms in total. The summed E-state index contributed by atoms with van der Waals surface area (Å²) in [7, 11) is 1.46. The number of aliphatic hydroxyl groups excluding tert-OH is 7. The van der Waals surface area contributed by atoms with Gasteiger partial charge in [0.15, 0.2) is 23.9 Å². The summed E-state index contributed by atoms with van der Waals surface area (Å²) >= 11 is 14.3. The van der Waals surface area contributed by atoms with Crippen molar-refractivity contribution in [2.45, 2.75) is 169 Å². The highest BCUT2D eigenvalue weighted by Gasteiger charge is 2.53. The largest absolute Gasteiger partial charge is 0.573 e. The molecule has 0 spiro atoms. The summed E-state index contributed by atoms with van der Waals surface area (Å²) in [6.45, 7) is 4.60. The van der Waals surface area contributed by atoms with E-state index in [9.17, 15) is 83.4 Å². The zero-order chi connectivity index (χ0) is 91.2. The quantitative estimate of drug-likeness (QED) is 0.0341. The Morgan fingerprint density at radius 2 is 1.38 bits per heavy atom. The summed E-state index contributed by atoms with van der Waals surface area (Å²) in [5.41, 5.74) is 6.42. The van der Waals surface area contributed by atoms with E-state index in [1.807, 2.05) is 0 Å². The summed E-state index contributed by atoms with van der Waals surface area (Å²) in [6.07, 6.45) is -22.5. The van der Waals surface area contributed by atoms with Crippen LogP contribution in [-0.4, -0.2) is 221 Å². The number of phenolic OH excluding ortho intramolecular Hbond substituents is 3. The zero-order valence-electron chi connectivity index (χ0n) is 67.3. The molecule has 7 aliphatic rings. The van der Waals surface area contributed by atoms with Crippen molar-refractivity contribution >= 4 is 82.1 Å². The summed E-state index contributed by atoms with van der Waals surface area (Å²) in [6, 6.07) is 5.07. The number of alkyl halides is 3. The molecule has 126 heavy (non-hydrogen) atoms. The van der Waals surface area contributed by atoms with E-state index in [0.717, 1.165) is 84.9 Å². The Kier molecular flexibility index (Phi) is 29.1. The van der Waals surface area contributed by atoms with E-state index >= 15 is 24.0 Å². The van der Waals surface area contributed by atoms with Crippen LogP contribution in [0.2, 0.25) is 10.0 Å². The first-order valence-electron chi connectivity index (χ1n) is 39.2. The summed E-state index contributed by atoms with van der Waals surface area (Å²) in [5.74, 6) is -17.2. The number of hydrogen-bond donors (Lipinski definition) is 22. The fourth-order valence-corrected chi connectivity index (χ4v) is 15.4. The predicted molar refractivity (Wildman–Crippen MR) is 433 cm³/mol. The van der Waals surface area contributed by atoms with Crippen LogP contribution in [0.3, 0.4) is 0 Å². The molecule has 0 radical (unpaired) electrons. The van der Waals surface area contributed by atoms with Crippen molar-refractivity contribution in [1.82, 2.24) is 58.4 Å². The van der Waals surface area contributed by atoms with Gasteiger partial charge in [-0.05, 0) is 139 Å². The fourth-order valence-electron chi connectivity index (χ4n) is 14.9. The number of benzene rings is 6. The molecule has 23 N–H and O–H groups in total. The van der Waals surface area contributed by atoms with Crippen molar-refractivity contribution in [3.8, 4) is 62.9 Å². The standard InChI is InChI=1S/C82H90Cl2F3N13O26/c1-33(2)17-48(89-5)73(113)98-63-65(107)37-10-13-52(46(83)20-37)121-54-22-39-23-55(69(54)125-80-70(68(110)67(109)56(32-102)123-80)124-58-28-81(4,71(111)34(3)120-58)91-30-35-18-40(31-90-29-35)72(112)93-41-7-6-8-43(24-41)126-82(85,86)87)122-53-14-11-38(21-47(53)84)66(108)64-78(118)97-62(79(119)100-92-15-16-101)45-25-42(103)26-51(105)59(45)44-19-36(9-12-50(44)104)60(75(115)99-64)96-76(116)61(39)95-74(114)49(27-57(88)106)94-77(63)117/h6-14,18-26,29,31,33-34,48-49,56,58,60-68,70-71,80,89,91-92,101-105,107-111H,15-17,27-28,30,32H2,1-5H3,(H2,88,106)(H,93,112)(H,94,117)(H,95,114)(H,96,116)(H,97,118)(H,98,113)(H,99,115)(H,100,119)/t34-,48+,49-,56+,58-,60+,61?,62+,63+,64-,65+,66+,67+,68-,70+,71+,80-,81-/m0/s1. The molecule has 2 fully saturated rings. The predicted octanol–water partition coefficient (Wildman–Crippen LogP) is 2.01. The lowest BCUT2D eigenvalue weighted by molar-refractivity contribution is -0.334. The molecule has 9 amide bonds. The van der Waals surface area contributed by atoms with Gasteiger partial charge in [0.25, 0.3) is 11.8 Å². The monoisotopic (exact) mass is 1800 g/mol. The van der Waals surface area contributed by atoms with Crippen LogP contribution in [0.1, 0.15) is 121 Å². The molecule has 674 valence electrons. The molecule has 7 aromatic rings. The van der Waals surface area contributed by atoms with Crippen molar-refractivity contribution in [3.05, 3.63) is 171 Å². The molecule has 18 atom stereocenters. The number of phenols is 3. The van der Waals surface area contributed by atoms with Crippen LogP contribution in [0.4, 0.5) is 18.9 Å². The van der Waals surface area contributed by atoms with Crippen molar-refractivity contribution in [2.24, 2.45) is 11.7 Å². The highest BCUT2D eigenvalue weighted by atomic mass is 35.5. The second kappa shape index (κ2) is 39.4. The maximum Gasteiger partial charge on any atom is 0.573 e. The number of halogens is 5. The number of primary amides is 1. The van der Waals surface area contributed by atoms with Gasteiger partial charge >= 0.3 is 6.36 Å². The first-order valence-corrected chi connectivity index (χ1v) is 39.9. The molecule has 0 aliphatic carbocycles. The SMILES string of the molecule is CN[C@H](CC(C)C)C(=O)N[C@H]1C(=O)N[C@@H](CC(N)=O)C(=O)NC2C(=O)N[C@H]3C(=O)N[C@H](C(=O)N[C@@H](C(=O)NNCCO)c4cc(O)cc(O)c4-c4cc3ccc4O)[C@H](O)c3ccc(c(Cl)c3)Oc3cc2cc(c3O[C@@H]2O[C@H](CO)[C@@H](O)[C@H](O)[C@H]2O[C@H]2C[C@](C)(NCc3cncc(C(=O)Nc4cccc(OC(F)(F)F)c4)c3)[C@H](O)[C@H](C)O2)Oc2ccc(cc2Cl)[C@H]1O. The minimum atomic E-state index is -5.03. The van der Waals surface area contributed by atoms with Crippen molar-refractivity contribution in [1.29, 1.82) is 0 Å². The lowest BCUT2D eigenvalue weighted by Gasteiger charge is -2.48. The Balaban J connectivity index is 1.01. The highest BCUT2D eigenvalue weighted by molar-refractivity contribution is 6.32. The number of amides is 9. The first-order chi connectivity index (χ1) is 59.7. The molecule has 7 aliphatic heterocycles. The van der Waals surface area contributed by atoms with Crippen LogP contribution in [-0.2, 0) is 59.1 Å². The van der Waals surface area contributed by atoms with Crippen LogP contribution in [0.5, 0.6) is 51.7 Å². The van der Waals surface area contributed by atoms with Gasteiger partial charge in [-0.2, -0.15) is 0 Å². The Hall–Kier alpha value is -11.9. The number of ether oxygens (including phenoxy) is 7. The zero-order valence-corrected chi connectivity index (χ0v) is 68.8. The third-order valence-electron chi connectivity index (χ3n) is 21.3. The van der Waals surface area contributed by atoms with Gasteiger partial charge in [-0.15, -0.1) is 13.2 Å². The Morgan fingerprint density at radius 1 is 0.722 bits per heavy atom. The van der Waals surface area contributed by atoms with Crippen molar-refractivity contribution in [3.63, 3.8) is 0 Å². The Bertz CT molecular complexity index is 5300. The molecule has 8 heterocycles. The van der Waals surface area contributed by atoms with Crippen molar-refractivity contribution < 1.29 is 141 Å². The lowest BCUT2D eigenvalue weighted by Crippen LogP contribution is -2.65. The van der Waals surface area contributed by atoms with Crippen LogP contribution >= 0.6 is 23.2 Å². The number of likely N-dealkylation sites (N-methyl/N-ethyl adjacent to an activating group) is 1. The number of rotatable bonds is 22. The first kappa shape index (κ1) is 93.3. The second-order valence-corrected chi connectivity index (χ2v) is 31.7. The normalized spacial score (nSPS) is 25.9. The van der Waals surface area contributed by atoms with E-state index in [2.05, 4.69) is 68.4 Å². The number of nitrogens with two attached hydrogens (primary N) is 1. The number of anilines is 1. The number of carbonyl (C=O) groups is 9. The number of aromatic hydroxyl groups is 3. The maximum absolute atomic E-state index is 16.3. The van der Waals surface area contributed by atoms with Gasteiger partial charge in [0, 0.05) is 66.4 Å². The van der Waals surface area contributed by atoms with E-state index in [4.69, 9.17) is 57.4 Å². The van der Waals surface area contributed by atoms with Crippen LogP contribution in [0, 0.1) is 5.92 Å². The van der Waals surface area contributed by atoms with Crippen LogP contribution in [0.25, 0.3) is 11.1 Å². The molecular weight excluding hydrogens is 1710 g/mol. The van der Waals surface area contributed by atoms with Gasteiger partial charge in [0.1, 0.15) is 101 Å². The number of fused-ring (bicyclic) bond motifs is 15. The number of nitrogens with zero attached hydrogens (tertiary/aromatic N) is 1. The molecule has 6 aromatic carbocycles. The number of hydrogen-bond acceptors (Lipinski definition) is 30. The minimum Gasteiger partial charge on any atom is -0.508 e. The van der Waals surface area contributed by atoms with Gasteiger partial charge in [-0.1, -0.05) is 61.3 Å². The van der Waals surface area contributed by atoms with E-state index < -0.39 is 272 Å². The summed E-state index contributed by atoms with van der Waals surface area (Å²) in [5, 5.41) is 139. The maximum atomic E-state index is 16.3. The van der Waals surface area contributed by atoms with Gasteiger partial charge in [-0.25, -0.2) is 5.43 Å². The minimum absolute atomic E-state index is 0.0497. The molecule has 1 unspecified atom stereocenters. The molecular formula is C82H90Cl2F3N13O26. The van der Waals surface area contributed by atoms with Gasteiger partial charge in [0.2, 0.25) is 53.4 Å². The van der Waals surface area contributed by atoms with E-state index in [-0.39, 0.29) is 59.8 Å². The fraction of sp³-hybridized carbons (Fsp3) is 0.390. The number of hydrazine groups is 1. The van der Waals surface area contributed by atoms with Gasteiger partial charge in [-0.3, -0.25) is 53.6 Å². The average Bonchev–Trinajstić information content (AvgIpc) is 0.769. The topological polar surface area (TPSA) is 592 Å². The number of pyridine rings is 1. The third-order valence-corrected chi connectivity index (χ3v) is 21.9. The van der Waals surface area contributed by atoms with Crippen LogP contribution in [0.15, 0.2) is 122 Å². The molecule has 2 saturated heterocycles. The smallest absolute Gasteiger partial charge is 0.508 e. The highest BCUT2D eigenvalue weighted by Crippen LogP contribution is 2.50. The third kappa shape index (κ3) is 21.5. The number of nitrogens with one attached hydrogen (secondary N) is 11. The molecule has 14 rings (SSSR count). The second-order valence-electron chi connectivity index (χ2n) is 30.9. The average molecular weight is 1800 g/mol.